The SMILES string of the molecule is O=c1cc(C(F)(F)F)nc2ccccc2n1. The number of hydrogen-bond acceptors (Lipinski definition) is 3. The highest BCUT2D eigenvalue weighted by Crippen LogP contribution is 2.26. The predicted octanol–water partition coefficient (Wildman–Crippen LogP) is 2.01. The van der Waals surface area contributed by atoms with Crippen molar-refractivity contribution in [3.8, 4) is 0 Å². The van der Waals surface area contributed by atoms with Crippen molar-refractivity contribution in [2.75, 3.05) is 0 Å². The van der Waals surface area contributed by atoms with E-state index < -0.39 is 17.4 Å². The maximum Gasteiger partial charge on any atom is 0.433 e. The Labute approximate surface area is 87.6 Å². The van der Waals surface area contributed by atoms with E-state index in [4.69, 9.17) is 0 Å². The maximum atomic E-state index is 12.4. The number of aromatic nitrogens is 2. The van der Waals surface area contributed by atoms with Crippen LogP contribution < -0.4 is 5.56 Å². The highest BCUT2D eigenvalue weighted by Gasteiger charge is 2.32. The number of alkyl halides is 3. The van der Waals surface area contributed by atoms with Crippen molar-refractivity contribution < 1.29 is 13.2 Å². The van der Waals surface area contributed by atoms with Crippen LogP contribution in [0.15, 0.2) is 35.1 Å². The highest BCUT2D eigenvalue weighted by atomic mass is 19.4. The van der Waals surface area contributed by atoms with Gasteiger partial charge in [-0.25, -0.2) is 9.97 Å². The van der Waals surface area contributed by atoms with E-state index in [2.05, 4.69) is 9.97 Å². The van der Waals surface area contributed by atoms with Crippen molar-refractivity contribution in [1.82, 2.24) is 9.97 Å². The molecule has 82 valence electrons. The predicted molar refractivity (Wildman–Crippen MR) is 50.8 cm³/mol. The average Bonchev–Trinajstić information content (AvgIpc) is 2.34. The minimum Gasteiger partial charge on any atom is -0.267 e. The lowest BCUT2D eigenvalue weighted by Gasteiger charge is -2.01. The molecule has 0 bridgehead atoms. The highest BCUT2D eigenvalue weighted by molar-refractivity contribution is 5.73. The van der Waals surface area contributed by atoms with Gasteiger partial charge in [0, 0.05) is 6.07 Å². The Kier molecular flexibility index (Phi) is 2.34. The summed E-state index contributed by atoms with van der Waals surface area (Å²) in [6.07, 6.45) is -4.65. The Morgan fingerprint density at radius 3 is 2.12 bits per heavy atom. The molecule has 0 aliphatic carbocycles. The summed E-state index contributed by atoms with van der Waals surface area (Å²) in [5.41, 5.74) is -2.01. The molecule has 1 heterocycles. The van der Waals surface area contributed by atoms with Gasteiger partial charge in [0.2, 0.25) is 0 Å². The molecule has 0 aliphatic rings. The lowest BCUT2D eigenvalue weighted by molar-refractivity contribution is -0.140. The number of fused-ring (bicyclic) bond motifs is 1. The van der Waals surface area contributed by atoms with E-state index in [1.54, 1.807) is 6.07 Å². The molecular weight excluding hydrogens is 221 g/mol. The summed E-state index contributed by atoms with van der Waals surface area (Å²) in [5.74, 6) is 0. The fourth-order valence-corrected chi connectivity index (χ4v) is 1.23. The maximum absolute atomic E-state index is 12.4. The number of para-hydroxylation sites is 2. The summed E-state index contributed by atoms with van der Waals surface area (Å²) in [6, 6.07) is 6.30. The fraction of sp³-hybridized carbons (Fsp3) is 0.100. The van der Waals surface area contributed by atoms with Crippen LogP contribution >= 0.6 is 0 Å². The van der Waals surface area contributed by atoms with Crippen LogP contribution in [-0.4, -0.2) is 9.97 Å². The minimum absolute atomic E-state index is 0.0388. The zero-order valence-electron chi connectivity index (χ0n) is 7.82. The second kappa shape index (κ2) is 3.55. The van der Waals surface area contributed by atoms with Gasteiger partial charge >= 0.3 is 6.18 Å². The molecular formula is C10H5F3N2O. The first kappa shape index (κ1) is 10.5. The first-order valence-corrected chi connectivity index (χ1v) is 4.32. The van der Waals surface area contributed by atoms with Gasteiger partial charge in [-0.05, 0) is 12.1 Å². The van der Waals surface area contributed by atoms with Crippen LogP contribution in [0.25, 0.3) is 11.0 Å². The second-order valence-electron chi connectivity index (χ2n) is 3.08. The Morgan fingerprint density at radius 2 is 1.56 bits per heavy atom. The zero-order valence-corrected chi connectivity index (χ0v) is 7.82. The standard InChI is InChI=1S/C10H5F3N2O/c11-10(12,13)8-5-9(16)15-7-4-2-1-3-6(7)14-8/h1-5H. The van der Waals surface area contributed by atoms with E-state index in [0.717, 1.165) is 0 Å². The molecule has 0 radical (unpaired) electrons. The molecule has 6 heteroatoms. The van der Waals surface area contributed by atoms with Crippen molar-refractivity contribution in [3.05, 3.63) is 46.4 Å². The summed E-state index contributed by atoms with van der Waals surface area (Å²) in [5, 5.41) is 0. The first-order chi connectivity index (χ1) is 7.47. The Balaban J connectivity index is 2.86. The number of halogens is 3. The molecule has 3 nitrogen and oxygen atoms in total. The number of benzene rings is 1. The van der Waals surface area contributed by atoms with Crippen molar-refractivity contribution in [2.45, 2.75) is 6.18 Å². The lowest BCUT2D eigenvalue weighted by Crippen LogP contribution is -2.10. The third-order valence-corrected chi connectivity index (χ3v) is 1.90. The Morgan fingerprint density at radius 1 is 1.00 bits per heavy atom. The van der Waals surface area contributed by atoms with Crippen LogP contribution in [0, 0.1) is 0 Å². The van der Waals surface area contributed by atoms with E-state index in [1.165, 1.54) is 18.2 Å². The van der Waals surface area contributed by atoms with E-state index in [9.17, 15) is 18.0 Å². The fourth-order valence-electron chi connectivity index (χ4n) is 1.23. The molecule has 1 aromatic heterocycles. The minimum atomic E-state index is -4.65. The molecule has 1 aromatic carbocycles. The molecule has 0 fully saturated rings. The van der Waals surface area contributed by atoms with Crippen molar-refractivity contribution in [3.63, 3.8) is 0 Å². The van der Waals surface area contributed by atoms with Crippen LogP contribution in [0.4, 0.5) is 13.2 Å². The number of rotatable bonds is 0. The Hall–Kier alpha value is -1.98. The molecule has 0 unspecified atom stereocenters. The number of hydrogen-bond donors (Lipinski definition) is 0. The van der Waals surface area contributed by atoms with Gasteiger partial charge in [0.15, 0.2) is 5.69 Å². The van der Waals surface area contributed by atoms with Crippen LogP contribution in [0.1, 0.15) is 5.69 Å². The van der Waals surface area contributed by atoms with Gasteiger partial charge in [0.05, 0.1) is 11.0 Å². The monoisotopic (exact) mass is 226 g/mol. The van der Waals surface area contributed by atoms with Gasteiger partial charge in [-0.1, -0.05) is 12.1 Å². The second-order valence-corrected chi connectivity index (χ2v) is 3.08. The van der Waals surface area contributed by atoms with Gasteiger partial charge in [0.25, 0.3) is 5.56 Å². The quantitative estimate of drug-likeness (QED) is 0.690. The number of nitrogens with zero attached hydrogens (tertiary/aromatic N) is 2. The van der Waals surface area contributed by atoms with Crippen LogP contribution in [-0.2, 0) is 6.18 Å². The first-order valence-electron chi connectivity index (χ1n) is 4.32. The smallest absolute Gasteiger partial charge is 0.267 e. The summed E-state index contributed by atoms with van der Waals surface area (Å²) in [7, 11) is 0. The summed E-state index contributed by atoms with van der Waals surface area (Å²) >= 11 is 0. The molecule has 0 amide bonds. The topological polar surface area (TPSA) is 42.9 Å². The van der Waals surface area contributed by atoms with Gasteiger partial charge in [-0.3, -0.25) is 4.79 Å². The van der Waals surface area contributed by atoms with Gasteiger partial charge in [0.1, 0.15) is 0 Å². The molecule has 0 N–H and O–H groups in total. The van der Waals surface area contributed by atoms with Crippen molar-refractivity contribution in [1.29, 1.82) is 0 Å². The summed E-state index contributed by atoms with van der Waals surface area (Å²) in [4.78, 5) is 18.0. The van der Waals surface area contributed by atoms with E-state index in [0.29, 0.717) is 6.07 Å². The molecule has 2 rings (SSSR count). The Bertz CT molecular complexity index is 595. The van der Waals surface area contributed by atoms with Gasteiger partial charge in [-0.15, -0.1) is 0 Å². The van der Waals surface area contributed by atoms with Crippen LogP contribution in [0.3, 0.4) is 0 Å². The largest absolute Gasteiger partial charge is 0.433 e. The van der Waals surface area contributed by atoms with Gasteiger partial charge < -0.3 is 0 Å². The van der Waals surface area contributed by atoms with E-state index in [1.807, 2.05) is 0 Å². The molecule has 0 aliphatic heterocycles. The summed E-state index contributed by atoms with van der Waals surface area (Å²) in [6.45, 7) is 0. The molecule has 2 aromatic rings. The normalized spacial score (nSPS) is 11.7. The van der Waals surface area contributed by atoms with Crippen molar-refractivity contribution in [2.24, 2.45) is 0 Å². The van der Waals surface area contributed by atoms with E-state index in [-0.39, 0.29) is 11.0 Å². The average molecular weight is 226 g/mol. The van der Waals surface area contributed by atoms with Crippen molar-refractivity contribution >= 4 is 11.0 Å². The zero-order chi connectivity index (χ0) is 11.8. The van der Waals surface area contributed by atoms with E-state index >= 15 is 0 Å². The molecule has 0 saturated heterocycles. The third kappa shape index (κ3) is 2.00. The third-order valence-electron chi connectivity index (χ3n) is 1.90. The van der Waals surface area contributed by atoms with Crippen LogP contribution in [0.2, 0.25) is 0 Å². The summed E-state index contributed by atoms with van der Waals surface area (Å²) < 4.78 is 37.3. The molecule has 0 atom stereocenters. The molecule has 16 heavy (non-hydrogen) atoms. The van der Waals surface area contributed by atoms with Gasteiger partial charge in [-0.2, -0.15) is 13.2 Å². The molecule has 0 spiro atoms. The van der Waals surface area contributed by atoms with Crippen LogP contribution in [0.5, 0.6) is 0 Å². The lowest BCUT2D eigenvalue weighted by atomic mass is 10.3. The molecule has 0 saturated carbocycles.